The third-order valence-electron chi connectivity index (χ3n) is 5.30. The summed E-state index contributed by atoms with van der Waals surface area (Å²) in [6.07, 6.45) is 2.33. The maximum absolute atomic E-state index is 10.9. The fourth-order valence-corrected chi connectivity index (χ4v) is 4.77. The Bertz CT molecular complexity index is 1320. The van der Waals surface area contributed by atoms with Crippen LogP contribution in [0.15, 0.2) is 81.9 Å². The minimum Gasteiger partial charge on any atom is -0.481 e. The number of alkyl halides is 1. The quantitative estimate of drug-likeness (QED) is 0.215. The number of aliphatic imine (C=N–C) groups is 1. The van der Waals surface area contributed by atoms with Gasteiger partial charge in [0.2, 0.25) is 0 Å². The van der Waals surface area contributed by atoms with Crippen molar-refractivity contribution in [1.29, 1.82) is 0 Å². The van der Waals surface area contributed by atoms with E-state index in [0.717, 1.165) is 38.9 Å². The molecule has 0 aliphatic carbocycles. The molecule has 0 bridgehead atoms. The van der Waals surface area contributed by atoms with E-state index in [9.17, 15) is 4.79 Å². The zero-order valence-corrected chi connectivity index (χ0v) is 21.2. The molecule has 0 spiro atoms. The average Bonchev–Trinajstić information content (AvgIpc) is 2.81. The molecule has 4 rings (SSSR count). The molecule has 0 fully saturated rings. The van der Waals surface area contributed by atoms with Crippen LogP contribution < -0.4 is 11.6 Å². The van der Waals surface area contributed by atoms with E-state index < -0.39 is 5.97 Å². The summed E-state index contributed by atoms with van der Waals surface area (Å²) in [5, 5.41) is 11.4. The number of carboxylic acid groups (broad SMARTS) is 1. The summed E-state index contributed by atoms with van der Waals surface area (Å²) < 4.78 is 1.29. The summed E-state index contributed by atoms with van der Waals surface area (Å²) in [5.41, 5.74) is 11.6. The summed E-state index contributed by atoms with van der Waals surface area (Å²) in [7, 11) is 0. The molecule has 7 nitrogen and oxygen atoms in total. The number of nitrogens with zero attached hydrogens (tertiary/aromatic N) is 3. The second kappa shape index (κ2) is 10.0. The number of nitrogens with two attached hydrogens (primary N) is 2. The number of aromatic nitrogens is 1. The third kappa shape index (κ3) is 5.10. The van der Waals surface area contributed by atoms with Gasteiger partial charge in [-0.15, -0.1) is 0 Å². The van der Waals surface area contributed by atoms with Crippen LogP contribution in [0.2, 0.25) is 0 Å². The summed E-state index contributed by atoms with van der Waals surface area (Å²) in [6, 6.07) is 17.5. The van der Waals surface area contributed by atoms with Crippen LogP contribution in [0.25, 0.3) is 16.5 Å². The van der Waals surface area contributed by atoms with Crippen molar-refractivity contribution in [3.05, 3.63) is 93.6 Å². The molecule has 1 aliphatic heterocycles. The summed E-state index contributed by atoms with van der Waals surface area (Å²) in [6.45, 7) is 0. The van der Waals surface area contributed by atoms with Gasteiger partial charge in [0.1, 0.15) is 5.82 Å². The highest BCUT2D eigenvalue weighted by molar-refractivity contribution is 14.1. The predicted molar refractivity (Wildman–Crippen MR) is 143 cm³/mol. The van der Waals surface area contributed by atoms with Crippen LogP contribution in [0.5, 0.6) is 0 Å². The van der Waals surface area contributed by atoms with Crippen LogP contribution in [-0.2, 0) is 17.6 Å². The lowest BCUT2D eigenvalue weighted by atomic mass is 10.0. The van der Waals surface area contributed by atoms with Crippen LogP contribution in [0.4, 0.5) is 0 Å². The van der Waals surface area contributed by atoms with Gasteiger partial charge < -0.3 is 10.8 Å². The van der Waals surface area contributed by atoms with Crippen molar-refractivity contribution in [3.63, 3.8) is 0 Å². The van der Waals surface area contributed by atoms with Crippen LogP contribution in [0, 0.1) is 0 Å². The summed E-state index contributed by atoms with van der Waals surface area (Å²) >= 11 is 5.83. The number of hydrogen-bond acceptors (Lipinski definition) is 6. The van der Waals surface area contributed by atoms with Gasteiger partial charge in [0.15, 0.2) is 5.82 Å². The molecule has 5 N–H and O–H groups in total. The lowest BCUT2D eigenvalue weighted by Gasteiger charge is -2.28. The average molecular weight is 618 g/mol. The van der Waals surface area contributed by atoms with E-state index in [0.29, 0.717) is 27.0 Å². The standard InChI is InChI=1S/C24H21BrIN5O2/c25-22-20(9-14-5-7-15(8-6-14)10-21(32)33)30-24(31(28)23(22)27)18(12-26)17-11-16-3-1-2-4-19(16)29-13-17/h1-8,11,13H,9-10,12,27-28H2,(H,32,33)/b24-18+. The molecule has 0 saturated carbocycles. The van der Waals surface area contributed by atoms with Crippen molar-refractivity contribution >= 4 is 66.7 Å². The molecular weight excluding hydrogens is 597 g/mol. The molecule has 3 aromatic rings. The van der Waals surface area contributed by atoms with Gasteiger partial charge in [0, 0.05) is 33.6 Å². The number of carbonyl (C=O) groups is 1. The minimum absolute atomic E-state index is 0.00833. The number of benzene rings is 2. The van der Waals surface area contributed by atoms with Crippen molar-refractivity contribution in [2.75, 3.05) is 4.43 Å². The molecule has 0 atom stereocenters. The number of allylic oxidation sites excluding steroid dienone is 2. The molecule has 1 aliphatic rings. The second-order valence-electron chi connectivity index (χ2n) is 7.54. The maximum atomic E-state index is 10.9. The van der Waals surface area contributed by atoms with E-state index in [1.807, 2.05) is 54.7 Å². The second-order valence-corrected chi connectivity index (χ2v) is 9.10. The molecule has 168 valence electrons. The van der Waals surface area contributed by atoms with E-state index in [1.165, 1.54) is 5.01 Å². The molecule has 1 aromatic heterocycles. The first-order valence-electron chi connectivity index (χ1n) is 10.1. The SMILES string of the molecule is NC1=C(Br)C(Cc2ccc(CC(=O)O)cc2)=N/C(=C(/CI)c2cnc3ccccc3c2)N1N. The van der Waals surface area contributed by atoms with Gasteiger partial charge in [-0.3, -0.25) is 9.78 Å². The molecular formula is C24H21BrIN5O2. The fraction of sp³-hybridized carbons (Fsp3) is 0.125. The molecule has 0 unspecified atom stereocenters. The number of halogens is 2. The van der Waals surface area contributed by atoms with Gasteiger partial charge in [-0.2, -0.15) is 0 Å². The predicted octanol–water partition coefficient (Wildman–Crippen LogP) is 4.36. The Hall–Kier alpha value is -2.76. The molecule has 0 saturated heterocycles. The first-order chi connectivity index (χ1) is 15.9. The molecule has 9 heteroatoms. The lowest BCUT2D eigenvalue weighted by molar-refractivity contribution is -0.136. The van der Waals surface area contributed by atoms with E-state index in [1.54, 1.807) is 0 Å². The highest BCUT2D eigenvalue weighted by Gasteiger charge is 2.25. The van der Waals surface area contributed by atoms with E-state index in [4.69, 9.17) is 21.7 Å². The van der Waals surface area contributed by atoms with Gasteiger partial charge in [0.25, 0.3) is 0 Å². The fourth-order valence-electron chi connectivity index (χ4n) is 3.57. The van der Waals surface area contributed by atoms with Crippen molar-refractivity contribution in [2.45, 2.75) is 12.8 Å². The third-order valence-corrected chi connectivity index (χ3v) is 6.93. The molecule has 2 aromatic carbocycles. The Morgan fingerprint density at radius 1 is 1.12 bits per heavy atom. The minimum atomic E-state index is -0.856. The van der Waals surface area contributed by atoms with Gasteiger partial charge in [-0.05, 0) is 39.2 Å². The number of para-hydroxylation sites is 1. The highest BCUT2D eigenvalue weighted by Crippen LogP contribution is 2.31. The number of hydrogen-bond donors (Lipinski definition) is 3. The molecule has 33 heavy (non-hydrogen) atoms. The Morgan fingerprint density at radius 3 is 2.52 bits per heavy atom. The van der Waals surface area contributed by atoms with Crippen LogP contribution >= 0.6 is 38.5 Å². The normalized spacial score (nSPS) is 15.6. The van der Waals surface area contributed by atoms with Crippen molar-refractivity contribution in [1.82, 2.24) is 9.99 Å². The van der Waals surface area contributed by atoms with Crippen LogP contribution in [0.1, 0.15) is 16.7 Å². The van der Waals surface area contributed by atoms with Crippen LogP contribution in [-0.4, -0.2) is 31.2 Å². The number of pyridine rings is 1. The molecule has 2 heterocycles. The van der Waals surface area contributed by atoms with Gasteiger partial charge >= 0.3 is 5.97 Å². The lowest BCUT2D eigenvalue weighted by Crippen LogP contribution is -2.38. The first kappa shape index (κ1) is 23.4. The van der Waals surface area contributed by atoms with Crippen molar-refractivity contribution in [3.8, 4) is 0 Å². The van der Waals surface area contributed by atoms with E-state index >= 15 is 0 Å². The molecule has 0 amide bonds. The number of carboxylic acids is 1. The summed E-state index contributed by atoms with van der Waals surface area (Å²) in [4.78, 5) is 20.4. The van der Waals surface area contributed by atoms with Crippen molar-refractivity contribution < 1.29 is 9.90 Å². The Labute approximate surface area is 213 Å². The van der Waals surface area contributed by atoms with Gasteiger partial charge in [0.05, 0.1) is 22.1 Å². The Kier molecular flexibility index (Phi) is 7.11. The number of fused-ring (bicyclic) bond motifs is 1. The zero-order chi connectivity index (χ0) is 23.5. The monoisotopic (exact) mass is 617 g/mol. The number of rotatable bonds is 6. The zero-order valence-electron chi connectivity index (χ0n) is 17.5. The Balaban J connectivity index is 1.73. The Morgan fingerprint density at radius 2 is 1.82 bits per heavy atom. The maximum Gasteiger partial charge on any atom is 0.307 e. The van der Waals surface area contributed by atoms with E-state index in [-0.39, 0.29) is 6.42 Å². The smallest absolute Gasteiger partial charge is 0.307 e. The largest absolute Gasteiger partial charge is 0.481 e. The van der Waals surface area contributed by atoms with Crippen LogP contribution in [0.3, 0.4) is 0 Å². The topological polar surface area (TPSA) is 118 Å². The number of aliphatic carboxylic acids is 1. The van der Waals surface area contributed by atoms with Crippen molar-refractivity contribution in [2.24, 2.45) is 16.6 Å². The summed E-state index contributed by atoms with van der Waals surface area (Å²) in [5.74, 6) is 6.42. The number of hydrazine groups is 1. The highest BCUT2D eigenvalue weighted by atomic mass is 127. The van der Waals surface area contributed by atoms with Gasteiger partial charge in [-0.1, -0.05) is 65.1 Å². The molecule has 0 radical (unpaired) electrons. The van der Waals surface area contributed by atoms with E-state index in [2.05, 4.69) is 49.6 Å². The van der Waals surface area contributed by atoms with Gasteiger partial charge in [-0.25, -0.2) is 15.8 Å². The first-order valence-corrected chi connectivity index (χ1v) is 12.4.